The Bertz CT molecular complexity index is 341. The van der Waals surface area contributed by atoms with Crippen molar-refractivity contribution in [3.05, 3.63) is 35.4 Å². The molecule has 1 aromatic carbocycles. The summed E-state index contributed by atoms with van der Waals surface area (Å²) in [5.41, 5.74) is 0.223. The largest absolute Gasteiger partial charge is 0.314 e. The van der Waals surface area contributed by atoms with Crippen LogP contribution in [0.25, 0.3) is 0 Å². The summed E-state index contributed by atoms with van der Waals surface area (Å²) < 4.78 is 26.9. The highest BCUT2D eigenvalue weighted by molar-refractivity contribution is 5.21. The SMILES string of the molecule is CCNC(Cc1c(F)cccc1F)C1CC1. The minimum absolute atomic E-state index is 0.219. The molecule has 1 fully saturated rings. The molecule has 1 atom stereocenters. The molecule has 3 heteroatoms. The minimum atomic E-state index is -0.427. The third kappa shape index (κ3) is 2.59. The number of rotatable bonds is 5. The first-order valence-corrected chi connectivity index (χ1v) is 5.88. The van der Waals surface area contributed by atoms with Crippen LogP contribution in [-0.2, 0) is 6.42 Å². The second kappa shape index (κ2) is 4.91. The van der Waals surface area contributed by atoms with Crippen molar-refractivity contribution in [3.8, 4) is 0 Å². The minimum Gasteiger partial charge on any atom is -0.314 e. The molecule has 0 bridgehead atoms. The maximum absolute atomic E-state index is 13.5. The van der Waals surface area contributed by atoms with Gasteiger partial charge >= 0.3 is 0 Å². The average Bonchev–Trinajstić information content (AvgIpc) is 3.06. The fourth-order valence-electron chi connectivity index (χ4n) is 2.11. The lowest BCUT2D eigenvalue weighted by Crippen LogP contribution is -2.33. The molecule has 1 N–H and O–H groups in total. The van der Waals surface area contributed by atoms with Crippen LogP contribution in [-0.4, -0.2) is 12.6 Å². The van der Waals surface area contributed by atoms with E-state index in [4.69, 9.17) is 0 Å². The predicted molar refractivity (Wildman–Crippen MR) is 60.3 cm³/mol. The standard InChI is InChI=1S/C13H17F2N/c1-2-16-13(9-6-7-9)8-10-11(14)4-3-5-12(10)15/h3-5,9,13,16H,2,6-8H2,1H3. The van der Waals surface area contributed by atoms with Crippen molar-refractivity contribution in [1.82, 2.24) is 5.32 Å². The van der Waals surface area contributed by atoms with Gasteiger partial charge in [0.15, 0.2) is 0 Å². The van der Waals surface area contributed by atoms with Crippen molar-refractivity contribution in [2.24, 2.45) is 5.92 Å². The third-order valence-corrected chi connectivity index (χ3v) is 3.14. The first kappa shape index (κ1) is 11.5. The van der Waals surface area contributed by atoms with Crippen molar-refractivity contribution in [1.29, 1.82) is 0 Å². The van der Waals surface area contributed by atoms with E-state index in [0.717, 1.165) is 6.54 Å². The van der Waals surface area contributed by atoms with Crippen LogP contribution in [0.5, 0.6) is 0 Å². The van der Waals surface area contributed by atoms with Gasteiger partial charge in [-0.1, -0.05) is 13.0 Å². The summed E-state index contributed by atoms with van der Waals surface area (Å²) in [6.07, 6.45) is 2.80. The summed E-state index contributed by atoms with van der Waals surface area (Å²) in [5, 5.41) is 3.31. The monoisotopic (exact) mass is 225 g/mol. The molecule has 1 aromatic rings. The fraction of sp³-hybridized carbons (Fsp3) is 0.538. The number of hydrogen-bond acceptors (Lipinski definition) is 1. The maximum atomic E-state index is 13.5. The van der Waals surface area contributed by atoms with E-state index >= 15 is 0 Å². The van der Waals surface area contributed by atoms with Crippen molar-refractivity contribution < 1.29 is 8.78 Å². The second-order valence-electron chi connectivity index (χ2n) is 4.41. The molecule has 0 aromatic heterocycles. The van der Waals surface area contributed by atoms with Crippen molar-refractivity contribution >= 4 is 0 Å². The first-order chi connectivity index (χ1) is 7.72. The molecule has 0 amide bonds. The topological polar surface area (TPSA) is 12.0 Å². The Morgan fingerprint density at radius 2 is 1.94 bits per heavy atom. The van der Waals surface area contributed by atoms with Gasteiger partial charge in [0.05, 0.1) is 0 Å². The number of benzene rings is 1. The van der Waals surface area contributed by atoms with Crippen molar-refractivity contribution in [2.45, 2.75) is 32.2 Å². The fourth-order valence-corrected chi connectivity index (χ4v) is 2.11. The van der Waals surface area contributed by atoms with Crippen LogP contribution in [0.1, 0.15) is 25.3 Å². The average molecular weight is 225 g/mol. The van der Waals surface area contributed by atoms with Crippen LogP contribution in [0.15, 0.2) is 18.2 Å². The van der Waals surface area contributed by atoms with E-state index in [1.807, 2.05) is 6.92 Å². The number of halogens is 2. The highest BCUT2D eigenvalue weighted by atomic mass is 19.1. The van der Waals surface area contributed by atoms with Crippen LogP contribution >= 0.6 is 0 Å². The second-order valence-corrected chi connectivity index (χ2v) is 4.41. The summed E-state index contributed by atoms with van der Waals surface area (Å²) in [4.78, 5) is 0. The summed E-state index contributed by atoms with van der Waals surface area (Å²) in [5.74, 6) is -0.258. The predicted octanol–water partition coefficient (Wildman–Crippen LogP) is 2.90. The molecule has 1 aliphatic carbocycles. The highest BCUT2D eigenvalue weighted by Crippen LogP contribution is 2.34. The van der Waals surface area contributed by atoms with Crippen LogP contribution < -0.4 is 5.32 Å². The smallest absolute Gasteiger partial charge is 0.129 e. The van der Waals surface area contributed by atoms with Gasteiger partial charge in [-0.2, -0.15) is 0 Å². The molecule has 0 saturated heterocycles. The molecule has 0 spiro atoms. The molecular formula is C13H17F2N. The molecule has 1 aliphatic rings. The number of likely N-dealkylation sites (N-methyl/N-ethyl adjacent to an activating group) is 1. The molecule has 88 valence electrons. The lowest BCUT2D eigenvalue weighted by molar-refractivity contribution is 0.449. The highest BCUT2D eigenvalue weighted by Gasteiger charge is 2.31. The van der Waals surface area contributed by atoms with Gasteiger partial charge in [0.25, 0.3) is 0 Å². The Kier molecular flexibility index (Phi) is 3.54. The summed E-state index contributed by atoms with van der Waals surface area (Å²) in [6, 6.07) is 4.28. The zero-order valence-electron chi connectivity index (χ0n) is 9.47. The van der Waals surface area contributed by atoms with Gasteiger partial charge in [0.2, 0.25) is 0 Å². The van der Waals surface area contributed by atoms with E-state index in [0.29, 0.717) is 12.3 Å². The van der Waals surface area contributed by atoms with Gasteiger partial charge in [0, 0.05) is 11.6 Å². The van der Waals surface area contributed by atoms with E-state index in [1.165, 1.54) is 31.0 Å². The van der Waals surface area contributed by atoms with Gasteiger partial charge in [-0.15, -0.1) is 0 Å². The quantitative estimate of drug-likeness (QED) is 0.812. The molecule has 1 nitrogen and oxygen atoms in total. The summed E-state index contributed by atoms with van der Waals surface area (Å²) in [6.45, 7) is 2.87. The number of nitrogens with one attached hydrogen (secondary N) is 1. The molecule has 0 radical (unpaired) electrons. The van der Waals surface area contributed by atoms with E-state index in [2.05, 4.69) is 5.32 Å². The zero-order valence-corrected chi connectivity index (χ0v) is 9.47. The molecular weight excluding hydrogens is 208 g/mol. The van der Waals surface area contributed by atoms with Crippen molar-refractivity contribution in [2.75, 3.05) is 6.54 Å². The zero-order chi connectivity index (χ0) is 11.5. The lowest BCUT2D eigenvalue weighted by atomic mass is 10.0. The normalized spacial score (nSPS) is 17.4. The summed E-state index contributed by atoms with van der Waals surface area (Å²) in [7, 11) is 0. The first-order valence-electron chi connectivity index (χ1n) is 5.88. The Balaban J connectivity index is 2.11. The van der Waals surface area contributed by atoms with E-state index < -0.39 is 11.6 Å². The molecule has 16 heavy (non-hydrogen) atoms. The van der Waals surface area contributed by atoms with E-state index in [9.17, 15) is 8.78 Å². The van der Waals surface area contributed by atoms with Gasteiger partial charge in [-0.25, -0.2) is 8.78 Å². The van der Waals surface area contributed by atoms with E-state index in [1.54, 1.807) is 0 Å². The molecule has 0 aliphatic heterocycles. The Morgan fingerprint density at radius 1 is 1.31 bits per heavy atom. The molecule has 1 saturated carbocycles. The van der Waals surface area contributed by atoms with Crippen LogP contribution in [0, 0.1) is 17.6 Å². The molecule has 0 heterocycles. The number of hydrogen-bond donors (Lipinski definition) is 1. The van der Waals surface area contributed by atoms with Crippen molar-refractivity contribution in [3.63, 3.8) is 0 Å². The van der Waals surface area contributed by atoms with Gasteiger partial charge in [-0.3, -0.25) is 0 Å². The Labute approximate surface area is 94.9 Å². The Hall–Kier alpha value is -0.960. The summed E-state index contributed by atoms with van der Waals surface area (Å²) >= 11 is 0. The van der Waals surface area contributed by atoms with E-state index in [-0.39, 0.29) is 11.6 Å². The van der Waals surface area contributed by atoms with Crippen LogP contribution in [0.4, 0.5) is 8.78 Å². The maximum Gasteiger partial charge on any atom is 0.129 e. The van der Waals surface area contributed by atoms with Gasteiger partial charge < -0.3 is 5.32 Å². The van der Waals surface area contributed by atoms with Crippen LogP contribution in [0.3, 0.4) is 0 Å². The van der Waals surface area contributed by atoms with Crippen LogP contribution in [0.2, 0.25) is 0 Å². The third-order valence-electron chi connectivity index (χ3n) is 3.14. The van der Waals surface area contributed by atoms with Gasteiger partial charge in [0.1, 0.15) is 11.6 Å². The Morgan fingerprint density at radius 3 is 2.44 bits per heavy atom. The molecule has 1 unspecified atom stereocenters. The molecule has 2 rings (SSSR count). The van der Waals surface area contributed by atoms with Gasteiger partial charge in [-0.05, 0) is 43.9 Å². The lowest BCUT2D eigenvalue weighted by Gasteiger charge is -2.17.